The molecule has 0 bridgehead atoms. The van der Waals surface area contributed by atoms with E-state index in [-0.39, 0.29) is 36.3 Å². The van der Waals surface area contributed by atoms with Crippen LogP contribution in [0.2, 0.25) is 5.02 Å². The molecule has 1 heterocycles. The molecule has 0 spiro atoms. The molecule has 3 aromatic carbocycles. The highest BCUT2D eigenvalue weighted by Gasteiger charge is 2.26. The number of carbonyl (C=O) groups excluding carboxylic acids is 1. The first-order valence-corrected chi connectivity index (χ1v) is 14.9. The summed E-state index contributed by atoms with van der Waals surface area (Å²) in [6, 6.07) is 22.8. The Morgan fingerprint density at radius 2 is 1.74 bits per heavy atom. The van der Waals surface area contributed by atoms with Crippen molar-refractivity contribution < 1.29 is 17.9 Å². The van der Waals surface area contributed by atoms with Gasteiger partial charge in [-0.05, 0) is 54.1 Å². The van der Waals surface area contributed by atoms with Gasteiger partial charge in [0.25, 0.3) is 0 Å². The summed E-state index contributed by atoms with van der Waals surface area (Å²) < 4.78 is 34.0. The van der Waals surface area contributed by atoms with E-state index in [2.05, 4.69) is 31.4 Å². The zero-order valence-electron chi connectivity index (χ0n) is 20.3. The van der Waals surface area contributed by atoms with Crippen molar-refractivity contribution in [1.82, 2.24) is 14.5 Å². The number of carbonyl (C=O) groups is 1. The maximum atomic E-state index is 13.1. The molecule has 1 aromatic heterocycles. The fourth-order valence-corrected chi connectivity index (χ4v) is 5.92. The zero-order valence-corrected chi connectivity index (χ0v) is 24.2. The average Bonchev–Trinajstić information content (AvgIpc) is 3.35. The molecule has 0 fully saturated rings. The van der Waals surface area contributed by atoms with E-state index in [1.807, 2.05) is 30.3 Å². The predicted octanol–water partition coefficient (Wildman–Crippen LogP) is 5.97. The summed E-state index contributed by atoms with van der Waals surface area (Å²) in [5, 5.41) is 12.4. The van der Waals surface area contributed by atoms with Gasteiger partial charge in [-0.2, -0.15) is 0 Å². The number of hydrogen-bond donors (Lipinski definition) is 1. The number of likely N-dealkylation sites (N-methyl/N-ethyl adjacent to an activating group) is 1. The van der Waals surface area contributed by atoms with Crippen molar-refractivity contribution in [2.24, 2.45) is 0 Å². The molecular formula is C26H24BrClN4O4S2. The lowest BCUT2D eigenvalue weighted by Crippen LogP contribution is -2.32. The topological polar surface area (TPSA) is 101 Å². The first kappa shape index (κ1) is 28.2. The van der Waals surface area contributed by atoms with Gasteiger partial charge in [0.05, 0.1) is 4.90 Å². The number of nitrogens with zero attached hydrogens (tertiary/aromatic N) is 3. The molecule has 1 atom stereocenters. The molecule has 4 aromatic rings. The minimum Gasteiger partial charge on any atom is -0.486 e. The second-order valence-corrected chi connectivity index (χ2v) is 12.8. The maximum Gasteiger partial charge on any atom is 0.242 e. The Kier molecular flexibility index (Phi) is 9.50. The number of rotatable bonds is 11. The summed E-state index contributed by atoms with van der Waals surface area (Å²) in [5.74, 6) is -0.0373. The molecule has 0 aliphatic rings. The standard InChI is InChI=1S/C26H24BrClN4O4S2/c1-32(38(34,35)23-13-7-20(27)8-14-23)16-19(18-5-3-2-4-6-18)15-24(33)29-26-31-30-25(37-26)17-36-22-11-9-21(28)10-12-22/h2-14,19H,15-17H2,1H3,(H,29,31,33)/t19-/m1/s1. The molecule has 0 saturated carbocycles. The predicted molar refractivity (Wildman–Crippen MR) is 152 cm³/mol. The summed E-state index contributed by atoms with van der Waals surface area (Å²) in [7, 11) is -2.23. The molecule has 0 saturated heterocycles. The highest BCUT2D eigenvalue weighted by molar-refractivity contribution is 9.10. The van der Waals surface area contributed by atoms with E-state index < -0.39 is 10.0 Å². The number of hydrogen-bond acceptors (Lipinski definition) is 7. The van der Waals surface area contributed by atoms with Crippen LogP contribution in [-0.4, -0.2) is 42.4 Å². The number of halogens is 2. The van der Waals surface area contributed by atoms with Crippen LogP contribution in [0.5, 0.6) is 5.75 Å². The van der Waals surface area contributed by atoms with Gasteiger partial charge in [0, 0.05) is 35.4 Å². The molecule has 4 rings (SSSR count). The summed E-state index contributed by atoms with van der Waals surface area (Å²) >= 11 is 10.4. The van der Waals surface area contributed by atoms with Crippen LogP contribution in [0.4, 0.5) is 5.13 Å². The Morgan fingerprint density at radius 1 is 1.05 bits per heavy atom. The first-order chi connectivity index (χ1) is 18.2. The van der Waals surface area contributed by atoms with Crippen LogP contribution >= 0.6 is 38.9 Å². The quantitative estimate of drug-likeness (QED) is 0.218. The average molecular weight is 636 g/mol. The summed E-state index contributed by atoms with van der Waals surface area (Å²) in [6.45, 7) is 0.312. The Morgan fingerprint density at radius 3 is 2.42 bits per heavy atom. The van der Waals surface area contributed by atoms with Gasteiger partial charge < -0.3 is 10.1 Å². The molecule has 0 aliphatic heterocycles. The Hall–Kier alpha value is -2.83. The highest BCUT2D eigenvalue weighted by Crippen LogP contribution is 2.26. The number of amides is 1. The molecule has 8 nitrogen and oxygen atoms in total. The fourth-order valence-electron chi connectivity index (χ4n) is 3.64. The minimum absolute atomic E-state index is 0.0560. The van der Waals surface area contributed by atoms with E-state index in [4.69, 9.17) is 16.3 Å². The number of aromatic nitrogens is 2. The van der Waals surface area contributed by atoms with Crippen LogP contribution in [0.15, 0.2) is 88.2 Å². The Balaban J connectivity index is 1.41. The van der Waals surface area contributed by atoms with E-state index >= 15 is 0 Å². The van der Waals surface area contributed by atoms with Crippen LogP contribution in [0, 0.1) is 0 Å². The second kappa shape index (κ2) is 12.8. The minimum atomic E-state index is -3.74. The molecule has 0 radical (unpaired) electrons. The van der Waals surface area contributed by atoms with Gasteiger partial charge in [0.2, 0.25) is 21.1 Å². The molecule has 0 aliphatic carbocycles. The Bertz CT molecular complexity index is 1470. The van der Waals surface area contributed by atoms with Crippen molar-refractivity contribution in [3.63, 3.8) is 0 Å². The normalized spacial score (nSPS) is 12.3. The van der Waals surface area contributed by atoms with Crippen LogP contribution < -0.4 is 10.1 Å². The van der Waals surface area contributed by atoms with Crippen LogP contribution in [0.3, 0.4) is 0 Å². The monoisotopic (exact) mass is 634 g/mol. The van der Waals surface area contributed by atoms with Gasteiger partial charge in [-0.15, -0.1) is 10.2 Å². The van der Waals surface area contributed by atoms with Crippen molar-refractivity contribution in [3.05, 3.63) is 98.9 Å². The Labute approximate surface area is 238 Å². The van der Waals surface area contributed by atoms with Crippen LogP contribution in [0.1, 0.15) is 22.9 Å². The summed E-state index contributed by atoms with van der Waals surface area (Å²) in [6.07, 6.45) is 0.0560. The van der Waals surface area contributed by atoms with E-state index in [0.717, 1.165) is 10.0 Å². The molecule has 1 N–H and O–H groups in total. The van der Waals surface area contributed by atoms with Crippen molar-refractivity contribution in [1.29, 1.82) is 0 Å². The van der Waals surface area contributed by atoms with E-state index in [1.165, 1.54) is 22.7 Å². The number of sulfonamides is 1. The second-order valence-electron chi connectivity index (χ2n) is 8.34. The smallest absolute Gasteiger partial charge is 0.242 e. The van der Waals surface area contributed by atoms with Crippen LogP contribution in [-0.2, 0) is 21.4 Å². The number of benzene rings is 3. The SMILES string of the molecule is CN(C[C@@H](CC(=O)Nc1nnc(COc2ccc(Cl)cc2)s1)c1ccccc1)S(=O)(=O)c1ccc(Br)cc1. The van der Waals surface area contributed by atoms with E-state index in [0.29, 0.717) is 20.9 Å². The van der Waals surface area contributed by atoms with Crippen LogP contribution in [0.25, 0.3) is 0 Å². The number of anilines is 1. The largest absolute Gasteiger partial charge is 0.486 e. The number of nitrogens with one attached hydrogen (secondary N) is 1. The lowest BCUT2D eigenvalue weighted by atomic mass is 9.95. The van der Waals surface area contributed by atoms with Gasteiger partial charge >= 0.3 is 0 Å². The highest BCUT2D eigenvalue weighted by atomic mass is 79.9. The van der Waals surface area contributed by atoms with Gasteiger partial charge in [-0.1, -0.05) is 69.2 Å². The van der Waals surface area contributed by atoms with Gasteiger partial charge in [-0.3, -0.25) is 4.79 Å². The summed E-state index contributed by atoms with van der Waals surface area (Å²) in [5.41, 5.74) is 0.856. The zero-order chi connectivity index (χ0) is 27.1. The molecule has 0 unspecified atom stereocenters. The third-order valence-electron chi connectivity index (χ3n) is 5.59. The van der Waals surface area contributed by atoms with E-state index in [9.17, 15) is 13.2 Å². The van der Waals surface area contributed by atoms with Crippen molar-refractivity contribution in [2.75, 3.05) is 18.9 Å². The third kappa shape index (κ3) is 7.61. The maximum absolute atomic E-state index is 13.1. The summed E-state index contributed by atoms with van der Waals surface area (Å²) in [4.78, 5) is 13.1. The molecule has 12 heteroatoms. The fraction of sp³-hybridized carbons (Fsp3) is 0.192. The van der Waals surface area contributed by atoms with Crippen molar-refractivity contribution in [3.8, 4) is 5.75 Å². The third-order valence-corrected chi connectivity index (χ3v) is 9.02. The lowest BCUT2D eigenvalue weighted by molar-refractivity contribution is -0.116. The van der Waals surface area contributed by atoms with Crippen molar-refractivity contribution >= 4 is 59.9 Å². The first-order valence-electron chi connectivity index (χ1n) is 11.5. The van der Waals surface area contributed by atoms with Gasteiger partial charge in [0.15, 0.2) is 5.01 Å². The van der Waals surface area contributed by atoms with Crippen molar-refractivity contribution in [2.45, 2.75) is 23.8 Å². The number of ether oxygens (including phenoxy) is 1. The van der Waals surface area contributed by atoms with E-state index in [1.54, 1.807) is 48.5 Å². The molecule has 1 amide bonds. The molecule has 198 valence electrons. The molecule has 38 heavy (non-hydrogen) atoms. The molecular weight excluding hydrogens is 612 g/mol. The van der Waals surface area contributed by atoms with Gasteiger partial charge in [0.1, 0.15) is 12.4 Å². The lowest BCUT2D eigenvalue weighted by Gasteiger charge is -2.24. The van der Waals surface area contributed by atoms with Gasteiger partial charge in [-0.25, -0.2) is 12.7 Å².